The van der Waals surface area contributed by atoms with E-state index in [0.29, 0.717) is 5.69 Å². The van der Waals surface area contributed by atoms with Crippen LogP contribution in [0.25, 0.3) is 21.9 Å². The zero-order valence-corrected chi connectivity index (χ0v) is 17.0. The highest BCUT2D eigenvalue weighted by Gasteiger charge is 2.17. The summed E-state index contributed by atoms with van der Waals surface area (Å²) in [5.74, 6) is -0.997. The first kappa shape index (κ1) is 19.7. The van der Waals surface area contributed by atoms with E-state index < -0.39 is 16.0 Å². The Hall–Kier alpha value is -3.64. The summed E-state index contributed by atoms with van der Waals surface area (Å²) in [6.07, 6.45) is 0. The van der Waals surface area contributed by atoms with Crippen molar-refractivity contribution in [3.05, 3.63) is 96.1 Å². The summed E-state index contributed by atoms with van der Waals surface area (Å²) in [4.78, 5) is 11.5. The first-order chi connectivity index (χ1) is 14.3. The van der Waals surface area contributed by atoms with Gasteiger partial charge in [0.05, 0.1) is 16.1 Å². The second-order valence-electron chi connectivity index (χ2n) is 7.01. The predicted molar refractivity (Wildman–Crippen MR) is 118 cm³/mol. The van der Waals surface area contributed by atoms with Gasteiger partial charge < -0.3 is 5.11 Å². The maximum absolute atomic E-state index is 12.9. The van der Waals surface area contributed by atoms with Crippen molar-refractivity contribution in [2.24, 2.45) is 0 Å². The summed E-state index contributed by atoms with van der Waals surface area (Å²) in [6.45, 7) is 1.90. The van der Waals surface area contributed by atoms with E-state index in [1.54, 1.807) is 48.5 Å². The van der Waals surface area contributed by atoms with Gasteiger partial charge in [-0.25, -0.2) is 13.2 Å². The van der Waals surface area contributed by atoms with Crippen molar-refractivity contribution in [3.8, 4) is 11.1 Å². The van der Waals surface area contributed by atoms with Crippen molar-refractivity contribution in [1.29, 1.82) is 0 Å². The minimum atomic E-state index is -3.74. The molecule has 150 valence electrons. The molecule has 0 radical (unpaired) electrons. The standard InChI is InChI=1S/C24H19NO4S/c1-16-9-11-19(12-10-16)30(28,29)25-23-14-13-20(21-7-2-3-8-22(21)23)17-5-4-6-18(15-17)24(26)27/h2-15,25H,1H3,(H,26,27). The molecule has 4 rings (SSSR count). The summed E-state index contributed by atoms with van der Waals surface area (Å²) in [5.41, 5.74) is 3.21. The van der Waals surface area contributed by atoms with Gasteiger partial charge in [-0.3, -0.25) is 4.72 Å². The summed E-state index contributed by atoms with van der Waals surface area (Å²) in [5, 5.41) is 10.8. The smallest absolute Gasteiger partial charge is 0.335 e. The highest BCUT2D eigenvalue weighted by Crippen LogP contribution is 2.34. The van der Waals surface area contributed by atoms with Crippen LogP contribution in [0.2, 0.25) is 0 Å². The van der Waals surface area contributed by atoms with Crippen molar-refractivity contribution < 1.29 is 18.3 Å². The third kappa shape index (κ3) is 3.77. The van der Waals surface area contributed by atoms with Crippen LogP contribution in [-0.4, -0.2) is 19.5 Å². The highest BCUT2D eigenvalue weighted by molar-refractivity contribution is 7.92. The number of aryl methyl sites for hydroxylation is 1. The molecule has 2 N–H and O–H groups in total. The number of nitrogens with one attached hydrogen (secondary N) is 1. The molecule has 0 unspecified atom stereocenters. The van der Waals surface area contributed by atoms with Crippen LogP contribution in [0.3, 0.4) is 0 Å². The number of carbonyl (C=O) groups is 1. The van der Waals surface area contributed by atoms with E-state index in [4.69, 9.17) is 0 Å². The Morgan fingerprint density at radius 1 is 0.833 bits per heavy atom. The van der Waals surface area contributed by atoms with E-state index in [0.717, 1.165) is 27.5 Å². The topological polar surface area (TPSA) is 83.5 Å². The molecule has 0 amide bonds. The van der Waals surface area contributed by atoms with E-state index in [2.05, 4.69) is 4.72 Å². The van der Waals surface area contributed by atoms with Crippen LogP contribution >= 0.6 is 0 Å². The Bertz CT molecular complexity index is 1360. The molecule has 0 aliphatic rings. The molecule has 4 aromatic carbocycles. The fourth-order valence-corrected chi connectivity index (χ4v) is 4.46. The maximum atomic E-state index is 12.9. The van der Waals surface area contributed by atoms with Crippen LogP contribution in [0.5, 0.6) is 0 Å². The molecule has 0 atom stereocenters. The second kappa shape index (κ2) is 7.65. The number of rotatable bonds is 5. The maximum Gasteiger partial charge on any atom is 0.335 e. The summed E-state index contributed by atoms with van der Waals surface area (Å²) in [7, 11) is -3.74. The normalized spacial score (nSPS) is 11.4. The van der Waals surface area contributed by atoms with E-state index in [1.807, 2.05) is 37.3 Å². The van der Waals surface area contributed by atoms with Crippen LogP contribution in [0.4, 0.5) is 5.69 Å². The lowest BCUT2D eigenvalue weighted by molar-refractivity contribution is 0.0697. The Morgan fingerprint density at radius 2 is 1.53 bits per heavy atom. The Morgan fingerprint density at radius 3 is 2.23 bits per heavy atom. The molecule has 6 heteroatoms. The lowest BCUT2D eigenvalue weighted by Crippen LogP contribution is -2.13. The molecular formula is C24H19NO4S. The van der Waals surface area contributed by atoms with Crippen molar-refractivity contribution >= 4 is 32.5 Å². The zero-order valence-electron chi connectivity index (χ0n) is 16.2. The first-order valence-electron chi connectivity index (χ1n) is 9.30. The summed E-state index contributed by atoms with van der Waals surface area (Å²) >= 11 is 0. The molecule has 0 aromatic heterocycles. The van der Waals surface area contributed by atoms with Gasteiger partial charge in [0.2, 0.25) is 0 Å². The third-order valence-electron chi connectivity index (χ3n) is 4.92. The lowest BCUT2D eigenvalue weighted by Gasteiger charge is -2.14. The number of hydrogen-bond donors (Lipinski definition) is 2. The fraction of sp³-hybridized carbons (Fsp3) is 0.0417. The first-order valence-corrected chi connectivity index (χ1v) is 10.8. The average Bonchev–Trinajstić information content (AvgIpc) is 2.74. The van der Waals surface area contributed by atoms with Gasteiger partial charge in [-0.2, -0.15) is 0 Å². The van der Waals surface area contributed by atoms with Crippen LogP contribution < -0.4 is 4.72 Å². The molecule has 0 saturated heterocycles. The largest absolute Gasteiger partial charge is 0.478 e. The number of carboxylic acids is 1. The molecule has 0 aliphatic heterocycles. The molecule has 30 heavy (non-hydrogen) atoms. The molecule has 0 aliphatic carbocycles. The van der Waals surface area contributed by atoms with Gasteiger partial charge in [-0.05, 0) is 53.8 Å². The van der Waals surface area contributed by atoms with Crippen LogP contribution in [0.1, 0.15) is 15.9 Å². The summed E-state index contributed by atoms with van der Waals surface area (Å²) in [6, 6.07) is 24.3. The van der Waals surface area contributed by atoms with Crippen molar-refractivity contribution in [2.75, 3.05) is 4.72 Å². The van der Waals surface area contributed by atoms with E-state index in [1.165, 1.54) is 6.07 Å². The zero-order chi connectivity index (χ0) is 21.3. The van der Waals surface area contributed by atoms with Gasteiger partial charge in [-0.15, -0.1) is 0 Å². The van der Waals surface area contributed by atoms with Crippen LogP contribution in [0, 0.1) is 6.92 Å². The number of benzene rings is 4. The van der Waals surface area contributed by atoms with E-state index in [9.17, 15) is 18.3 Å². The number of carboxylic acid groups (broad SMARTS) is 1. The number of aromatic carboxylic acids is 1. The average molecular weight is 417 g/mol. The van der Waals surface area contributed by atoms with Gasteiger partial charge in [-0.1, -0.05) is 60.2 Å². The Labute approximate surface area is 174 Å². The molecule has 0 bridgehead atoms. The SMILES string of the molecule is Cc1ccc(S(=O)(=O)Nc2ccc(-c3cccc(C(=O)O)c3)c3ccccc23)cc1. The molecular weight excluding hydrogens is 398 g/mol. The minimum absolute atomic E-state index is 0.190. The Balaban J connectivity index is 1.81. The van der Waals surface area contributed by atoms with Gasteiger partial charge in [0.15, 0.2) is 0 Å². The third-order valence-corrected chi connectivity index (χ3v) is 6.30. The number of sulfonamides is 1. The van der Waals surface area contributed by atoms with Crippen molar-refractivity contribution in [3.63, 3.8) is 0 Å². The molecule has 0 heterocycles. The quantitative estimate of drug-likeness (QED) is 0.461. The summed E-state index contributed by atoms with van der Waals surface area (Å²) < 4.78 is 28.4. The lowest BCUT2D eigenvalue weighted by atomic mass is 9.96. The highest BCUT2D eigenvalue weighted by atomic mass is 32.2. The molecule has 0 spiro atoms. The van der Waals surface area contributed by atoms with Crippen molar-refractivity contribution in [1.82, 2.24) is 0 Å². The van der Waals surface area contributed by atoms with E-state index >= 15 is 0 Å². The second-order valence-corrected chi connectivity index (χ2v) is 8.69. The van der Waals surface area contributed by atoms with Crippen LogP contribution in [0.15, 0.2) is 89.8 Å². The number of fused-ring (bicyclic) bond motifs is 1. The van der Waals surface area contributed by atoms with Crippen LogP contribution in [-0.2, 0) is 10.0 Å². The molecule has 4 aromatic rings. The van der Waals surface area contributed by atoms with E-state index in [-0.39, 0.29) is 10.5 Å². The van der Waals surface area contributed by atoms with Crippen molar-refractivity contribution in [2.45, 2.75) is 11.8 Å². The minimum Gasteiger partial charge on any atom is -0.478 e. The molecule has 0 fully saturated rings. The van der Waals surface area contributed by atoms with Gasteiger partial charge in [0.1, 0.15) is 0 Å². The van der Waals surface area contributed by atoms with Gasteiger partial charge in [0.25, 0.3) is 10.0 Å². The number of anilines is 1. The van der Waals surface area contributed by atoms with Gasteiger partial charge >= 0.3 is 5.97 Å². The van der Waals surface area contributed by atoms with Gasteiger partial charge in [0, 0.05) is 5.39 Å². The fourth-order valence-electron chi connectivity index (χ4n) is 3.38. The predicted octanol–water partition coefficient (Wildman–Crippen LogP) is 5.31. The molecule has 5 nitrogen and oxygen atoms in total. The Kier molecular flexibility index (Phi) is 5.01. The number of hydrogen-bond acceptors (Lipinski definition) is 3. The monoisotopic (exact) mass is 417 g/mol. The molecule has 0 saturated carbocycles.